The fourth-order valence-corrected chi connectivity index (χ4v) is 3.55. The van der Waals surface area contributed by atoms with Crippen molar-refractivity contribution in [1.29, 1.82) is 0 Å². The molecule has 0 saturated carbocycles. The van der Waals surface area contributed by atoms with Crippen LogP contribution >= 0.6 is 11.8 Å². The Balaban J connectivity index is 1.64. The highest BCUT2D eigenvalue weighted by molar-refractivity contribution is 7.98. The summed E-state index contributed by atoms with van der Waals surface area (Å²) in [7, 11) is 0. The molecule has 0 aliphatic carbocycles. The number of amides is 1. The van der Waals surface area contributed by atoms with Gasteiger partial charge in [-0.25, -0.2) is 0 Å². The third kappa shape index (κ3) is 4.84. The normalized spacial score (nSPS) is 18.8. The lowest BCUT2D eigenvalue weighted by molar-refractivity contribution is 0.0663. The standard InChI is InChI=1S/C20H24N2O2S/c1-25-19-9-7-17(8-10-19)20(24)22-12-11-21(14-18(23)15-22)13-16-5-3-2-4-6-16/h2-10,18,23H,11-15H2,1H3/t18-/m0/s1. The van der Waals surface area contributed by atoms with Gasteiger partial charge in [0.15, 0.2) is 0 Å². The highest BCUT2D eigenvalue weighted by atomic mass is 32.2. The van der Waals surface area contributed by atoms with Crippen molar-refractivity contribution in [2.75, 3.05) is 32.4 Å². The zero-order chi connectivity index (χ0) is 17.6. The summed E-state index contributed by atoms with van der Waals surface area (Å²) < 4.78 is 0. The molecule has 3 rings (SSSR count). The quantitative estimate of drug-likeness (QED) is 0.856. The molecule has 0 radical (unpaired) electrons. The summed E-state index contributed by atoms with van der Waals surface area (Å²) in [6.07, 6.45) is 1.49. The topological polar surface area (TPSA) is 43.8 Å². The van der Waals surface area contributed by atoms with Crippen LogP contribution in [-0.4, -0.2) is 59.4 Å². The van der Waals surface area contributed by atoms with E-state index in [0.717, 1.165) is 18.0 Å². The van der Waals surface area contributed by atoms with Crippen LogP contribution in [0.1, 0.15) is 15.9 Å². The first-order chi connectivity index (χ1) is 12.2. The minimum atomic E-state index is -0.527. The summed E-state index contributed by atoms with van der Waals surface area (Å²) in [5.74, 6) is -0.00624. The van der Waals surface area contributed by atoms with E-state index in [1.807, 2.05) is 48.7 Å². The van der Waals surface area contributed by atoms with Gasteiger partial charge in [-0.1, -0.05) is 30.3 Å². The van der Waals surface area contributed by atoms with Crippen LogP contribution in [0.5, 0.6) is 0 Å². The van der Waals surface area contributed by atoms with Gasteiger partial charge in [0.05, 0.1) is 6.10 Å². The Kier molecular flexibility index (Phi) is 6.13. The molecule has 0 unspecified atom stereocenters. The smallest absolute Gasteiger partial charge is 0.253 e. The van der Waals surface area contributed by atoms with Gasteiger partial charge in [-0.05, 0) is 36.1 Å². The monoisotopic (exact) mass is 356 g/mol. The van der Waals surface area contributed by atoms with Crippen molar-refractivity contribution in [1.82, 2.24) is 9.80 Å². The van der Waals surface area contributed by atoms with E-state index < -0.39 is 6.10 Å². The SMILES string of the molecule is CSc1ccc(C(=O)N2CCN(Cc3ccccc3)C[C@H](O)C2)cc1. The Morgan fingerprint density at radius 2 is 1.80 bits per heavy atom. The van der Waals surface area contributed by atoms with E-state index in [0.29, 0.717) is 25.2 Å². The van der Waals surface area contributed by atoms with E-state index >= 15 is 0 Å². The Labute approximate surface area is 153 Å². The van der Waals surface area contributed by atoms with Crippen LogP contribution in [0.3, 0.4) is 0 Å². The van der Waals surface area contributed by atoms with Crippen molar-refractivity contribution in [3.8, 4) is 0 Å². The van der Waals surface area contributed by atoms with Crippen LogP contribution in [0.15, 0.2) is 59.5 Å². The average Bonchev–Trinajstić information content (AvgIpc) is 2.83. The molecule has 0 bridgehead atoms. The molecule has 2 aromatic carbocycles. The fraction of sp³-hybridized carbons (Fsp3) is 0.350. The number of aliphatic hydroxyl groups excluding tert-OH is 1. The maximum Gasteiger partial charge on any atom is 0.253 e. The Morgan fingerprint density at radius 3 is 2.48 bits per heavy atom. The van der Waals surface area contributed by atoms with Crippen molar-refractivity contribution < 1.29 is 9.90 Å². The lowest BCUT2D eigenvalue weighted by atomic mass is 10.2. The predicted octanol–water partition coefficient (Wildman–Crippen LogP) is 2.73. The van der Waals surface area contributed by atoms with Gasteiger partial charge in [0, 0.05) is 43.2 Å². The van der Waals surface area contributed by atoms with E-state index in [2.05, 4.69) is 17.0 Å². The second-order valence-corrected chi connectivity index (χ2v) is 7.23. The zero-order valence-electron chi connectivity index (χ0n) is 14.5. The Bertz CT molecular complexity index is 691. The van der Waals surface area contributed by atoms with E-state index in [1.54, 1.807) is 16.7 Å². The number of nitrogens with zero attached hydrogens (tertiary/aromatic N) is 2. The Hall–Kier alpha value is -1.82. The number of rotatable bonds is 4. The number of hydrogen-bond donors (Lipinski definition) is 1. The molecule has 1 fully saturated rings. The molecular weight excluding hydrogens is 332 g/mol. The van der Waals surface area contributed by atoms with Gasteiger partial charge in [-0.2, -0.15) is 0 Å². The van der Waals surface area contributed by atoms with E-state index in [-0.39, 0.29) is 5.91 Å². The third-order valence-corrected chi connectivity index (χ3v) is 5.20. The lowest BCUT2D eigenvalue weighted by Crippen LogP contribution is -2.37. The second-order valence-electron chi connectivity index (χ2n) is 6.35. The van der Waals surface area contributed by atoms with E-state index in [4.69, 9.17) is 0 Å². The van der Waals surface area contributed by atoms with Gasteiger partial charge in [0.25, 0.3) is 5.91 Å². The lowest BCUT2D eigenvalue weighted by Gasteiger charge is -2.22. The summed E-state index contributed by atoms with van der Waals surface area (Å²) in [4.78, 5) is 17.9. The second kappa shape index (κ2) is 8.52. The van der Waals surface area contributed by atoms with Gasteiger partial charge in [-0.3, -0.25) is 9.69 Å². The summed E-state index contributed by atoms with van der Waals surface area (Å²) >= 11 is 1.66. The number of benzene rings is 2. The molecule has 2 aromatic rings. The molecule has 1 heterocycles. The van der Waals surface area contributed by atoms with Crippen molar-refractivity contribution in [3.63, 3.8) is 0 Å². The van der Waals surface area contributed by atoms with Crippen molar-refractivity contribution >= 4 is 17.7 Å². The molecule has 0 aromatic heterocycles. The maximum atomic E-state index is 12.8. The first-order valence-electron chi connectivity index (χ1n) is 8.53. The number of thioether (sulfide) groups is 1. The van der Waals surface area contributed by atoms with Gasteiger partial charge >= 0.3 is 0 Å². The number of β-amino-alcohol motifs (C(OH)–C–C–N with tert-alkyl or cyclic N) is 1. The molecule has 1 aliphatic heterocycles. The number of carbonyl (C=O) groups is 1. The molecule has 4 nitrogen and oxygen atoms in total. The minimum Gasteiger partial charge on any atom is -0.390 e. The molecule has 0 spiro atoms. The molecule has 25 heavy (non-hydrogen) atoms. The molecule has 1 N–H and O–H groups in total. The predicted molar refractivity (Wildman–Crippen MR) is 102 cm³/mol. The number of carbonyl (C=O) groups excluding carboxylic acids is 1. The highest BCUT2D eigenvalue weighted by Gasteiger charge is 2.25. The molecule has 132 valence electrons. The van der Waals surface area contributed by atoms with Crippen LogP contribution in [0.4, 0.5) is 0 Å². The highest BCUT2D eigenvalue weighted by Crippen LogP contribution is 2.17. The van der Waals surface area contributed by atoms with Crippen LogP contribution in [0.2, 0.25) is 0 Å². The van der Waals surface area contributed by atoms with Gasteiger partial charge < -0.3 is 10.0 Å². The van der Waals surface area contributed by atoms with Gasteiger partial charge in [0.2, 0.25) is 0 Å². The van der Waals surface area contributed by atoms with Crippen LogP contribution in [0, 0.1) is 0 Å². The van der Waals surface area contributed by atoms with Crippen LogP contribution < -0.4 is 0 Å². The van der Waals surface area contributed by atoms with E-state index in [1.165, 1.54) is 5.56 Å². The average molecular weight is 356 g/mol. The Morgan fingerprint density at radius 1 is 1.08 bits per heavy atom. The van der Waals surface area contributed by atoms with Gasteiger partial charge in [-0.15, -0.1) is 11.8 Å². The summed E-state index contributed by atoms with van der Waals surface area (Å²) in [6, 6.07) is 17.9. The maximum absolute atomic E-state index is 12.8. The minimum absolute atomic E-state index is 0.00624. The molecule has 1 atom stereocenters. The molecule has 1 amide bonds. The number of hydrogen-bond acceptors (Lipinski definition) is 4. The third-order valence-electron chi connectivity index (χ3n) is 4.46. The first kappa shape index (κ1) is 18.0. The largest absolute Gasteiger partial charge is 0.390 e. The fourth-order valence-electron chi connectivity index (χ4n) is 3.14. The molecular formula is C20H24N2O2S. The van der Waals surface area contributed by atoms with E-state index in [9.17, 15) is 9.90 Å². The molecule has 5 heteroatoms. The zero-order valence-corrected chi connectivity index (χ0v) is 15.3. The van der Waals surface area contributed by atoms with Gasteiger partial charge in [0.1, 0.15) is 0 Å². The molecule has 1 saturated heterocycles. The number of aliphatic hydroxyl groups is 1. The first-order valence-corrected chi connectivity index (χ1v) is 9.76. The van der Waals surface area contributed by atoms with Crippen molar-refractivity contribution in [2.24, 2.45) is 0 Å². The van der Waals surface area contributed by atoms with Crippen molar-refractivity contribution in [2.45, 2.75) is 17.5 Å². The summed E-state index contributed by atoms with van der Waals surface area (Å²) in [5.41, 5.74) is 1.91. The summed E-state index contributed by atoms with van der Waals surface area (Å²) in [5, 5.41) is 10.3. The summed E-state index contributed by atoms with van der Waals surface area (Å²) in [6.45, 7) is 3.16. The van der Waals surface area contributed by atoms with Crippen LogP contribution in [0.25, 0.3) is 0 Å². The van der Waals surface area contributed by atoms with Crippen LogP contribution in [-0.2, 0) is 6.54 Å². The molecule has 1 aliphatic rings. The van der Waals surface area contributed by atoms with Crippen molar-refractivity contribution in [3.05, 3.63) is 65.7 Å².